The minimum absolute atomic E-state index is 0.0554. The summed E-state index contributed by atoms with van der Waals surface area (Å²) in [7, 11) is 1.44. The molecule has 176 valence electrons. The van der Waals surface area contributed by atoms with E-state index in [0.717, 1.165) is 0 Å². The van der Waals surface area contributed by atoms with Crippen LogP contribution in [-0.4, -0.2) is 62.9 Å². The fraction of sp³-hybridized carbons (Fsp3) is 0.286. The molecule has 0 saturated carbocycles. The topological polar surface area (TPSA) is 103 Å². The summed E-state index contributed by atoms with van der Waals surface area (Å²) < 4.78 is 53.2. The molecule has 0 radical (unpaired) electrons. The van der Waals surface area contributed by atoms with Gasteiger partial charge in [0.25, 0.3) is 6.43 Å². The van der Waals surface area contributed by atoms with Crippen LogP contribution in [0.5, 0.6) is 5.75 Å². The Morgan fingerprint density at radius 1 is 1.03 bits per heavy atom. The second-order valence-electron chi connectivity index (χ2n) is 7.29. The highest BCUT2D eigenvalue weighted by molar-refractivity contribution is 5.84. The molecule has 5 rings (SSSR count). The molecule has 34 heavy (non-hydrogen) atoms. The van der Waals surface area contributed by atoms with Crippen molar-refractivity contribution in [3.8, 4) is 11.7 Å². The van der Waals surface area contributed by atoms with Gasteiger partial charge in [-0.2, -0.15) is 19.3 Å². The van der Waals surface area contributed by atoms with Crippen LogP contribution in [0.4, 0.5) is 30.8 Å². The van der Waals surface area contributed by atoms with Crippen molar-refractivity contribution in [2.75, 3.05) is 43.6 Å². The lowest BCUT2D eigenvalue weighted by Crippen LogP contribution is -2.37. The van der Waals surface area contributed by atoms with Crippen LogP contribution in [0.1, 0.15) is 12.2 Å². The maximum Gasteiger partial charge on any atom is 0.296 e. The number of rotatable bonds is 6. The van der Waals surface area contributed by atoms with Crippen LogP contribution >= 0.6 is 0 Å². The SMILES string of the molecule is COc1cccc2c1nc(C(F)F)n2-c1nc(Nc2ccc(F)nc2)nc(N2CCOCC2)n1. The Hall–Kier alpha value is -4.00. The fourth-order valence-corrected chi connectivity index (χ4v) is 3.61. The number of methoxy groups -OCH3 is 1. The molecule has 0 spiro atoms. The van der Waals surface area contributed by atoms with Crippen molar-refractivity contribution in [2.24, 2.45) is 0 Å². The Morgan fingerprint density at radius 2 is 1.82 bits per heavy atom. The van der Waals surface area contributed by atoms with Gasteiger partial charge in [0, 0.05) is 13.1 Å². The van der Waals surface area contributed by atoms with E-state index in [2.05, 4.69) is 30.2 Å². The number of aromatic nitrogens is 6. The monoisotopic (exact) mass is 472 g/mol. The number of imidazole rings is 1. The fourth-order valence-electron chi connectivity index (χ4n) is 3.61. The van der Waals surface area contributed by atoms with Crippen LogP contribution in [-0.2, 0) is 4.74 Å². The summed E-state index contributed by atoms with van der Waals surface area (Å²) in [6.07, 6.45) is -1.63. The predicted octanol–water partition coefficient (Wildman–Crippen LogP) is 3.27. The van der Waals surface area contributed by atoms with Gasteiger partial charge >= 0.3 is 0 Å². The van der Waals surface area contributed by atoms with Gasteiger partial charge in [-0.3, -0.25) is 4.57 Å². The molecule has 1 aliphatic rings. The van der Waals surface area contributed by atoms with Gasteiger partial charge in [-0.15, -0.1) is 0 Å². The molecule has 1 saturated heterocycles. The number of fused-ring (bicyclic) bond motifs is 1. The van der Waals surface area contributed by atoms with Gasteiger partial charge in [0.05, 0.1) is 37.7 Å². The second kappa shape index (κ2) is 9.09. The number of halogens is 3. The number of nitrogens with one attached hydrogen (secondary N) is 1. The van der Waals surface area contributed by atoms with E-state index in [0.29, 0.717) is 43.3 Å². The van der Waals surface area contributed by atoms with Gasteiger partial charge < -0.3 is 19.7 Å². The van der Waals surface area contributed by atoms with E-state index in [-0.39, 0.29) is 23.4 Å². The number of ether oxygens (including phenoxy) is 2. The van der Waals surface area contributed by atoms with E-state index in [4.69, 9.17) is 9.47 Å². The highest BCUT2D eigenvalue weighted by atomic mass is 19.3. The van der Waals surface area contributed by atoms with Gasteiger partial charge in [0.1, 0.15) is 11.3 Å². The van der Waals surface area contributed by atoms with Gasteiger partial charge in [-0.1, -0.05) is 6.07 Å². The second-order valence-corrected chi connectivity index (χ2v) is 7.29. The van der Waals surface area contributed by atoms with Crippen LogP contribution in [0, 0.1) is 5.95 Å². The Morgan fingerprint density at radius 3 is 2.53 bits per heavy atom. The average Bonchev–Trinajstić information content (AvgIpc) is 3.26. The standard InChI is InChI=1S/C21H19F3N8O2/c1-33-14-4-2-3-13-16(14)27-18(17(23)24)32(13)21-29-19(26-12-5-6-15(22)25-11-12)28-20(30-21)31-7-9-34-10-8-31/h2-6,11,17H,7-10H2,1H3,(H,26,28,29,30). The van der Waals surface area contributed by atoms with Crippen molar-refractivity contribution in [3.05, 3.63) is 48.3 Å². The summed E-state index contributed by atoms with van der Waals surface area (Å²) in [5, 5.41) is 2.94. The van der Waals surface area contributed by atoms with Crippen molar-refractivity contribution < 1.29 is 22.6 Å². The first-order valence-electron chi connectivity index (χ1n) is 10.3. The lowest BCUT2D eigenvalue weighted by Gasteiger charge is -2.27. The molecule has 1 aliphatic heterocycles. The van der Waals surface area contributed by atoms with Gasteiger partial charge in [0.2, 0.25) is 23.8 Å². The molecule has 3 aromatic heterocycles. The average molecular weight is 472 g/mol. The summed E-state index contributed by atoms with van der Waals surface area (Å²) in [4.78, 5) is 22.9. The third-order valence-electron chi connectivity index (χ3n) is 5.18. The number of pyridine rings is 1. The molecule has 4 heterocycles. The number of hydrogen-bond acceptors (Lipinski definition) is 9. The number of hydrogen-bond donors (Lipinski definition) is 1. The quantitative estimate of drug-likeness (QED) is 0.424. The van der Waals surface area contributed by atoms with Gasteiger partial charge in [0.15, 0.2) is 5.82 Å². The molecule has 0 bridgehead atoms. The summed E-state index contributed by atoms with van der Waals surface area (Å²) in [5.74, 6) is -0.540. The molecule has 0 amide bonds. The van der Waals surface area contributed by atoms with Gasteiger partial charge in [-0.05, 0) is 24.3 Å². The lowest BCUT2D eigenvalue weighted by molar-refractivity contribution is 0.122. The van der Waals surface area contributed by atoms with E-state index in [1.54, 1.807) is 18.2 Å². The maximum atomic E-state index is 14.0. The van der Waals surface area contributed by atoms with Crippen LogP contribution in [0.3, 0.4) is 0 Å². The number of morpholine rings is 1. The normalized spacial score (nSPS) is 14.1. The lowest BCUT2D eigenvalue weighted by atomic mass is 10.3. The minimum atomic E-state index is -2.90. The van der Waals surface area contributed by atoms with Crippen molar-refractivity contribution in [3.63, 3.8) is 0 Å². The van der Waals surface area contributed by atoms with Crippen LogP contribution in [0.2, 0.25) is 0 Å². The summed E-state index contributed by atoms with van der Waals surface area (Å²) >= 11 is 0. The molecular weight excluding hydrogens is 453 g/mol. The smallest absolute Gasteiger partial charge is 0.296 e. The summed E-state index contributed by atoms with van der Waals surface area (Å²) in [6, 6.07) is 7.57. The summed E-state index contributed by atoms with van der Waals surface area (Å²) in [6.45, 7) is 1.97. The summed E-state index contributed by atoms with van der Waals surface area (Å²) in [5.41, 5.74) is 1.02. The first kappa shape index (κ1) is 21.8. The van der Waals surface area contributed by atoms with E-state index in [1.165, 1.54) is 30.0 Å². The van der Waals surface area contributed by atoms with Crippen molar-refractivity contribution in [1.82, 2.24) is 29.5 Å². The Balaban J connectivity index is 1.68. The molecule has 1 aromatic carbocycles. The van der Waals surface area contributed by atoms with Crippen LogP contribution in [0.25, 0.3) is 17.0 Å². The van der Waals surface area contributed by atoms with Crippen molar-refractivity contribution >= 4 is 28.6 Å². The zero-order valence-electron chi connectivity index (χ0n) is 18.0. The minimum Gasteiger partial charge on any atom is -0.494 e. The molecule has 1 N–H and O–H groups in total. The third-order valence-corrected chi connectivity index (χ3v) is 5.18. The number of nitrogens with zero attached hydrogens (tertiary/aromatic N) is 7. The number of para-hydroxylation sites is 1. The molecular formula is C21H19F3N8O2. The number of alkyl halides is 2. The zero-order valence-corrected chi connectivity index (χ0v) is 18.0. The molecule has 0 atom stereocenters. The molecule has 0 aliphatic carbocycles. The third kappa shape index (κ3) is 4.17. The van der Waals surface area contributed by atoms with Crippen molar-refractivity contribution in [1.29, 1.82) is 0 Å². The van der Waals surface area contributed by atoms with Crippen molar-refractivity contribution in [2.45, 2.75) is 6.43 Å². The van der Waals surface area contributed by atoms with Gasteiger partial charge in [-0.25, -0.2) is 18.7 Å². The largest absolute Gasteiger partial charge is 0.494 e. The molecule has 1 fully saturated rings. The van der Waals surface area contributed by atoms with E-state index < -0.39 is 18.2 Å². The maximum absolute atomic E-state index is 14.0. The van der Waals surface area contributed by atoms with Crippen LogP contribution in [0.15, 0.2) is 36.5 Å². The first-order chi connectivity index (χ1) is 16.5. The number of anilines is 3. The van der Waals surface area contributed by atoms with Crippen LogP contribution < -0.4 is 15.0 Å². The number of benzene rings is 1. The molecule has 10 nitrogen and oxygen atoms in total. The molecule has 4 aromatic rings. The molecule has 13 heteroatoms. The van der Waals surface area contributed by atoms with E-state index in [9.17, 15) is 13.2 Å². The predicted molar refractivity (Wildman–Crippen MR) is 116 cm³/mol. The highest BCUT2D eigenvalue weighted by Gasteiger charge is 2.25. The zero-order chi connectivity index (χ0) is 23.7. The molecule has 0 unspecified atom stereocenters. The van der Waals surface area contributed by atoms with E-state index in [1.807, 2.05) is 4.90 Å². The van der Waals surface area contributed by atoms with E-state index >= 15 is 0 Å². The highest BCUT2D eigenvalue weighted by Crippen LogP contribution is 2.32. The Labute approximate surface area is 191 Å². The first-order valence-corrected chi connectivity index (χ1v) is 10.3. The Kier molecular flexibility index (Phi) is 5.84. The Bertz CT molecular complexity index is 1310.